The van der Waals surface area contributed by atoms with E-state index in [0.29, 0.717) is 36.7 Å². The highest BCUT2D eigenvalue weighted by atomic mass is 16.5. The molecule has 2 aliphatic rings. The summed E-state index contributed by atoms with van der Waals surface area (Å²) in [4.78, 5) is 35.7. The lowest BCUT2D eigenvalue weighted by molar-refractivity contribution is 0.0661. The smallest absolute Gasteiger partial charge is 0.259 e. The van der Waals surface area contributed by atoms with Crippen LogP contribution in [0.3, 0.4) is 0 Å². The number of nitrogens with one attached hydrogen (secondary N) is 1. The number of rotatable bonds is 3. The maximum atomic E-state index is 13.2. The van der Waals surface area contributed by atoms with Gasteiger partial charge in [0, 0.05) is 29.6 Å². The molecular weight excluding hydrogens is 392 g/mol. The fraction of sp³-hybridized carbons (Fsp3) is 0.417. The fourth-order valence-electron chi connectivity index (χ4n) is 5.10. The molecule has 7 nitrogen and oxygen atoms in total. The second-order valence-electron chi connectivity index (χ2n) is 8.59. The maximum absolute atomic E-state index is 13.2. The number of hydrogen-bond acceptors (Lipinski definition) is 5. The number of hydrogen-bond donors (Lipinski definition) is 1. The van der Waals surface area contributed by atoms with Gasteiger partial charge in [0.05, 0.1) is 11.4 Å². The van der Waals surface area contributed by atoms with Gasteiger partial charge in [-0.1, -0.05) is 42.4 Å². The molecule has 1 saturated heterocycles. The van der Waals surface area contributed by atoms with Crippen molar-refractivity contribution in [3.63, 3.8) is 0 Å². The molecular formula is C24H26N4O3. The van der Waals surface area contributed by atoms with E-state index in [-0.39, 0.29) is 16.9 Å². The zero-order valence-electron chi connectivity index (χ0n) is 17.9. The van der Waals surface area contributed by atoms with Crippen molar-refractivity contribution in [2.75, 3.05) is 13.1 Å². The van der Waals surface area contributed by atoms with Crippen LogP contribution in [0.5, 0.6) is 0 Å². The minimum absolute atomic E-state index is 0.00693. The zero-order valence-corrected chi connectivity index (χ0v) is 17.9. The average molecular weight is 418 g/mol. The highest BCUT2D eigenvalue weighted by Gasteiger charge is 2.45. The van der Waals surface area contributed by atoms with Crippen molar-refractivity contribution in [3.8, 4) is 11.4 Å². The van der Waals surface area contributed by atoms with Gasteiger partial charge in [0.2, 0.25) is 0 Å². The Labute approximate surface area is 180 Å². The Bertz CT molecular complexity index is 1190. The summed E-state index contributed by atoms with van der Waals surface area (Å²) >= 11 is 0. The van der Waals surface area contributed by atoms with Gasteiger partial charge in [-0.25, -0.2) is 4.98 Å². The summed E-state index contributed by atoms with van der Waals surface area (Å²) in [7, 11) is 0. The highest BCUT2D eigenvalue weighted by Crippen LogP contribution is 2.44. The van der Waals surface area contributed by atoms with Gasteiger partial charge in [-0.15, -0.1) is 0 Å². The molecule has 1 N–H and O–H groups in total. The molecule has 1 fully saturated rings. The third-order valence-corrected chi connectivity index (χ3v) is 6.91. The van der Waals surface area contributed by atoms with Crippen LogP contribution in [0, 0.1) is 6.92 Å². The van der Waals surface area contributed by atoms with Crippen LogP contribution in [0.1, 0.15) is 59.3 Å². The van der Waals surface area contributed by atoms with Crippen molar-refractivity contribution >= 4 is 5.91 Å². The molecule has 2 aromatic heterocycles. The Morgan fingerprint density at radius 3 is 2.65 bits per heavy atom. The van der Waals surface area contributed by atoms with Crippen LogP contribution in [0.25, 0.3) is 11.4 Å². The summed E-state index contributed by atoms with van der Waals surface area (Å²) in [6.07, 6.45) is 3.93. The van der Waals surface area contributed by atoms with E-state index in [1.807, 2.05) is 42.2 Å². The van der Waals surface area contributed by atoms with Crippen LogP contribution in [0.4, 0.5) is 0 Å². The average Bonchev–Trinajstić information content (AvgIpc) is 3.35. The summed E-state index contributed by atoms with van der Waals surface area (Å²) in [6.45, 7) is 5.05. The molecule has 0 bridgehead atoms. The molecule has 5 rings (SSSR count). The van der Waals surface area contributed by atoms with Crippen LogP contribution in [-0.4, -0.2) is 39.0 Å². The van der Waals surface area contributed by atoms with Gasteiger partial charge in [0.25, 0.3) is 11.5 Å². The second-order valence-corrected chi connectivity index (χ2v) is 8.59. The summed E-state index contributed by atoms with van der Waals surface area (Å²) in [5.74, 6) is 1.19. The zero-order chi connectivity index (χ0) is 21.6. The van der Waals surface area contributed by atoms with E-state index in [0.717, 1.165) is 48.2 Å². The fourth-order valence-corrected chi connectivity index (χ4v) is 5.10. The lowest BCUT2D eigenvalue weighted by Crippen LogP contribution is -2.45. The topological polar surface area (TPSA) is 92.1 Å². The van der Waals surface area contributed by atoms with Gasteiger partial charge in [-0.3, -0.25) is 9.59 Å². The normalized spacial score (nSPS) is 17.2. The molecule has 3 heterocycles. The molecule has 160 valence electrons. The molecule has 0 atom stereocenters. The van der Waals surface area contributed by atoms with E-state index >= 15 is 0 Å². The predicted octanol–water partition coefficient (Wildman–Crippen LogP) is 3.42. The number of nitrogens with zero attached hydrogens (tertiary/aromatic N) is 3. The number of carbonyl (C=O) groups is 1. The van der Waals surface area contributed by atoms with E-state index < -0.39 is 0 Å². The minimum Gasteiger partial charge on any atom is -0.361 e. The quantitative estimate of drug-likeness (QED) is 0.704. The number of aromatic amines is 1. The SMILES string of the molecule is CCc1noc(C)c1C(=O)N1CCC2(CCc3c2nc(-c2ccccc2)[nH]c3=O)CC1. The van der Waals surface area contributed by atoms with Crippen LogP contribution in [0.2, 0.25) is 0 Å². The summed E-state index contributed by atoms with van der Waals surface area (Å²) < 4.78 is 5.26. The Balaban J connectivity index is 1.42. The standard InChI is InChI=1S/C24H26N4O3/c1-3-18-19(15(2)31-27-18)23(30)28-13-11-24(12-14-28)10-9-17-20(24)25-21(26-22(17)29)16-7-5-4-6-8-16/h4-8H,3,9-14H2,1-2H3,(H,25,26,29). The van der Waals surface area contributed by atoms with E-state index in [1.54, 1.807) is 6.92 Å². The van der Waals surface area contributed by atoms with E-state index in [2.05, 4.69) is 10.1 Å². The molecule has 1 aliphatic heterocycles. The van der Waals surface area contributed by atoms with Crippen molar-refractivity contribution in [2.45, 2.75) is 51.4 Å². The molecule has 1 aliphatic carbocycles. The molecule has 1 spiro atoms. The van der Waals surface area contributed by atoms with Crippen LogP contribution in [-0.2, 0) is 18.3 Å². The summed E-state index contributed by atoms with van der Waals surface area (Å²) in [5, 5.41) is 4.03. The third-order valence-electron chi connectivity index (χ3n) is 6.91. The number of likely N-dealkylation sites (tertiary alicyclic amines) is 1. The molecule has 0 radical (unpaired) electrons. The minimum atomic E-state index is -0.138. The summed E-state index contributed by atoms with van der Waals surface area (Å²) in [5.41, 5.74) is 3.79. The van der Waals surface area contributed by atoms with Crippen molar-refractivity contribution in [1.29, 1.82) is 0 Å². The Hall–Kier alpha value is -3.22. The Kier molecular flexibility index (Phi) is 4.76. The maximum Gasteiger partial charge on any atom is 0.259 e. The van der Waals surface area contributed by atoms with Crippen LogP contribution >= 0.6 is 0 Å². The molecule has 1 aromatic carbocycles. The molecule has 7 heteroatoms. The first-order chi connectivity index (χ1) is 15.0. The number of amides is 1. The number of carbonyl (C=O) groups excluding carboxylic acids is 1. The van der Waals surface area contributed by atoms with Crippen LogP contribution < -0.4 is 5.56 Å². The monoisotopic (exact) mass is 418 g/mol. The third kappa shape index (κ3) is 3.19. The predicted molar refractivity (Wildman–Crippen MR) is 116 cm³/mol. The summed E-state index contributed by atoms with van der Waals surface area (Å²) in [6, 6.07) is 9.75. The van der Waals surface area contributed by atoms with Gasteiger partial charge in [-0.2, -0.15) is 0 Å². The van der Waals surface area contributed by atoms with Gasteiger partial charge in [-0.05, 0) is 39.0 Å². The van der Waals surface area contributed by atoms with Crippen molar-refractivity contribution in [1.82, 2.24) is 20.0 Å². The van der Waals surface area contributed by atoms with Crippen molar-refractivity contribution < 1.29 is 9.32 Å². The number of fused-ring (bicyclic) bond motifs is 2. The molecule has 1 amide bonds. The molecule has 31 heavy (non-hydrogen) atoms. The van der Waals surface area contributed by atoms with E-state index in [4.69, 9.17) is 9.51 Å². The molecule has 3 aromatic rings. The lowest BCUT2D eigenvalue weighted by atomic mass is 9.76. The number of piperidine rings is 1. The largest absolute Gasteiger partial charge is 0.361 e. The van der Waals surface area contributed by atoms with Crippen LogP contribution in [0.15, 0.2) is 39.6 Å². The number of aryl methyl sites for hydroxylation is 2. The van der Waals surface area contributed by atoms with Gasteiger partial charge >= 0.3 is 0 Å². The first-order valence-corrected chi connectivity index (χ1v) is 11.0. The Morgan fingerprint density at radius 1 is 1.19 bits per heavy atom. The van der Waals surface area contributed by atoms with Crippen molar-refractivity contribution in [3.05, 3.63) is 69.0 Å². The second kappa shape index (κ2) is 7.48. The first kappa shape index (κ1) is 19.7. The number of H-pyrrole nitrogens is 1. The number of aromatic nitrogens is 3. The highest BCUT2D eigenvalue weighted by molar-refractivity contribution is 5.96. The van der Waals surface area contributed by atoms with E-state index in [1.165, 1.54) is 0 Å². The van der Waals surface area contributed by atoms with Gasteiger partial charge < -0.3 is 14.4 Å². The molecule has 0 unspecified atom stereocenters. The van der Waals surface area contributed by atoms with Gasteiger partial charge in [0.15, 0.2) is 0 Å². The van der Waals surface area contributed by atoms with Crippen molar-refractivity contribution in [2.24, 2.45) is 0 Å². The first-order valence-electron chi connectivity index (χ1n) is 11.0. The van der Waals surface area contributed by atoms with Gasteiger partial charge in [0.1, 0.15) is 17.1 Å². The number of benzene rings is 1. The Morgan fingerprint density at radius 2 is 1.94 bits per heavy atom. The lowest BCUT2D eigenvalue weighted by Gasteiger charge is -2.39. The van der Waals surface area contributed by atoms with E-state index in [9.17, 15) is 9.59 Å². The molecule has 0 saturated carbocycles.